The minimum atomic E-state index is -0.857. The number of esters is 1. The Morgan fingerprint density at radius 2 is 1.93 bits per heavy atom. The van der Waals surface area contributed by atoms with Crippen LogP contribution in [0.5, 0.6) is 0 Å². The Labute approximate surface area is 94.4 Å². The van der Waals surface area contributed by atoms with Gasteiger partial charge in [-0.3, -0.25) is 9.59 Å². The van der Waals surface area contributed by atoms with Crippen LogP contribution in [0.15, 0.2) is 0 Å². The van der Waals surface area contributed by atoms with E-state index in [9.17, 15) is 9.59 Å². The highest BCUT2D eigenvalue weighted by atomic mass is 32.2. The molecule has 0 spiro atoms. The first kappa shape index (κ1) is 14.3. The van der Waals surface area contributed by atoms with Crippen molar-refractivity contribution in [3.63, 3.8) is 0 Å². The largest absolute Gasteiger partial charge is 0.480 e. The van der Waals surface area contributed by atoms with Gasteiger partial charge in [-0.1, -0.05) is 0 Å². The highest BCUT2D eigenvalue weighted by Crippen LogP contribution is 2.14. The maximum absolute atomic E-state index is 11.2. The molecule has 1 unspecified atom stereocenters. The molecule has 0 fully saturated rings. The monoisotopic (exact) mass is 234 g/mol. The number of hydrogen-bond donors (Lipinski definition) is 1. The molecule has 88 valence electrons. The van der Waals surface area contributed by atoms with Crippen molar-refractivity contribution in [3.8, 4) is 0 Å². The third-order valence-electron chi connectivity index (χ3n) is 1.44. The minimum Gasteiger partial charge on any atom is -0.480 e. The Bertz CT molecular complexity index is 232. The van der Waals surface area contributed by atoms with Crippen LogP contribution in [0.25, 0.3) is 0 Å². The van der Waals surface area contributed by atoms with Gasteiger partial charge in [-0.05, 0) is 27.7 Å². The standard InChI is InChI=1S/C10H18O4S/c1-7(9(12)13)15-6-5-8(11)14-10(2,3)4/h7H,5-6H2,1-4H3,(H,12,13). The highest BCUT2D eigenvalue weighted by molar-refractivity contribution is 8.00. The van der Waals surface area contributed by atoms with Crippen LogP contribution in [0.4, 0.5) is 0 Å². The van der Waals surface area contributed by atoms with Crippen LogP contribution in [0.2, 0.25) is 0 Å². The minimum absolute atomic E-state index is 0.250. The fraction of sp³-hybridized carbons (Fsp3) is 0.800. The van der Waals surface area contributed by atoms with Gasteiger partial charge >= 0.3 is 11.9 Å². The van der Waals surface area contributed by atoms with E-state index in [2.05, 4.69) is 0 Å². The molecule has 0 heterocycles. The van der Waals surface area contributed by atoms with Crippen LogP contribution in [0.1, 0.15) is 34.1 Å². The Hall–Kier alpha value is -0.710. The van der Waals surface area contributed by atoms with Gasteiger partial charge in [-0.25, -0.2) is 0 Å². The number of carbonyl (C=O) groups is 2. The average molecular weight is 234 g/mol. The van der Waals surface area contributed by atoms with E-state index < -0.39 is 16.8 Å². The summed E-state index contributed by atoms with van der Waals surface area (Å²) in [4.78, 5) is 21.7. The van der Waals surface area contributed by atoms with Gasteiger partial charge in [0.1, 0.15) is 5.60 Å². The molecule has 0 radical (unpaired) electrons. The third kappa shape index (κ3) is 8.30. The van der Waals surface area contributed by atoms with Gasteiger partial charge in [-0.2, -0.15) is 0 Å². The lowest BCUT2D eigenvalue weighted by Gasteiger charge is -2.19. The summed E-state index contributed by atoms with van der Waals surface area (Å²) < 4.78 is 5.08. The summed E-state index contributed by atoms with van der Waals surface area (Å²) in [7, 11) is 0. The summed E-state index contributed by atoms with van der Waals surface area (Å²) in [6.07, 6.45) is 0.250. The number of carboxylic acid groups (broad SMARTS) is 1. The molecule has 1 N–H and O–H groups in total. The van der Waals surface area contributed by atoms with E-state index in [-0.39, 0.29) is 12.4 Å². The molecule has 0 aromatic heterocycles. The van der Waals surface area contributed by atoms with Crippen LogP contribution in [-0.2, 0) is 14.3 Å². The Kier molecular flexibility index (Phi) is 5.72. The lowest BCUT2D eigenvalue weighted by Crippen LogP contribution is -2.24. The lowest BCUT2D eigenvalue weighted by molar-refractivity contribution is -0.154. The zero-order valence-electron chi connectivity index (χ0n) is 9.57. The van der Waals surface area contributed by atoms with E-state index in [1.54, 1.807) is 27.7 Å². The molecule has 0 bridgehead atoms. The van der Waals surface area contributed by atoms with Crippen molar-refractivity contribution in [2.24, 2.45) is 0 Å². The number of aliphatic carboxylic acids is 1. The van der Waals surface area contributed by atoms with Crippen molar-refractivity contribution >= 4 is 23.7 Å². The van der Waals surface area contributed by atoms with Gasteiger partial charge < -0.3 is 9.84 Å². The maximum atomic E-state index is 11.2. The quantitative estimate of drug-likeness (QED) is 0.736. The van der Waals surface area contributed by atoms with Crippen LogP contribution in [0, 0.1) is 0 Å². The zero-order valence-corrected chi connectivity index (χ0v) is 10.4. The van der Waals surface area contributed by atoms with E-state index in [1.165, 1.54) is 11.8 Å². The second kappa shape index (κ2) is 6.00. The summed E-state index contributed by atoms with van der Waals surface area (Å²) in [6.45, 7) is 7.01. The fourth-order valence-electron chi connectivity index (χ4n) is 0.783. The van der Waals surface area contributed by atoms with Gasteiger partial charge in [-0.15, -0.1) is 11.8 Å². The molecule has 0 saturated carbocycles. The molecule has 0 aliphatic carbocycles. The van der Waals surface area contributed by atoms with E-state index in [4.69, 9.17) is 9.84 Å². The Balaban J connectivity index is 3.69. The molecular formula is C10H18O4S. The summed E-state index contributed by atoms with van der Waals surface area (Å²) in [6, 6.07) is 0. The summed E-state index contributed by atoms with van der Waals surface area (Å²) in [5.41, 5.74) is -0.472. The number of carbonyl (C=O) groups excluding carboxylic acids is 1. The van der Waals surface area contributed by atoms with Crippen molar-refractivity contribution in [1.82, 2.24) is 0 Å². The van der Waals surface area contributed by atoms with E-state index in [0.717, 1.165) is 0 Å². The van der Waals surface area contributed by atoms with Gasteiger partial charge in [0, 0.05) is 5.75 Å². The van der Waals surface area contributed by atoms with Gasteiger partial charge in [0.25, 0.3) is 0 Å². The smallest absolute Gasteiger partial charge is 0.316 e. The lowest BCUT2D eigenvalue weighted by atomic mass is 10.2. The molecule has 0 aromatic rings. The molecule has 15 heavy (non-hydrogen) atoms. The van der Waals surface area contributed by atoms with Crippen molar-refractivity contribution in [1.29, 1.82) is 0 Å². The summed E-state index contributed by atoms with van der Waals surface area (Å²) >= 11 is 1.24. The number of carboxylic acids is 1. The van der Waals surface area contributed by atoms with Crippen LogP contribution >= 0.6 is 11.8 Å². The molecular weight excluding hydrogens is 216 g/mol. The van der Waals surface area contributed by atoms with E-state index in [1.807, 2.05) is 0 Å². The Morgan fingerprint density at radius 3 is 2.33 bits per heavy atom. The topological polar surface area (TPSA) is 63.6 Å². The molecule has 0 amide bonds. The van der Waals surface area contributed by atoms with Crippen molar-refractivity contribution in [3.05, 3.63) is 0 Å². The zero-order chi connectivity index (χ0) is 12.1. The maximum Gasteiger partial charge on any atom is 0.316 e. The molecule has 1 atom stereocenters. The summed E-state index contributed by atoms with van der Waals surface area (Å²) in [5.74, 6) is -0.667. The molecule has 0 saturated heterocycles. The van der Waals surface area contributed by atoms with Crippen molar-refractivity contribution in [2.45, 2.75) is 45.0 Å². The predicted molar refractivity (Wildman–Crippen MR) is 60.0 cm³/mol. The van der Waals surface area contributed by atoms with Gasteiger partial charge in [0.05, 0.1) is 11.7 Å². The van der Waals surface area contributed by atoms with Crippen LogP contribution < -0.4 is 0 Å². The molecule has 0 aromatic carbocycles. The van der Waals surface area contributed by atoms with Gasteiger partial charge in [0.2, 0.25) is 0 Å². The van der Waals surface area contributed by atoms with Crippen LogP contribution in [0.3, 0.4) is 0 Å². The first-order chi connectivity index (χ1) is 6.72. The normalized spacial score (nSPS) is 13.3. The number of ether oxygens (including phenoxy) is 1. The highest BCUT2D eigenvalue weighted by Gasteiger charge is 2.17. The van der Waals surface area contributed by atoms with E-state index in [0.29, 0.717) is 5.75 Å². The molecule has 0 aliphatic rings. The number of hydrogen-bond acceptors (Lipinski definition) is 4. The second-order valence-corrected chi connectivity index (χ2v) is 5.64. The second-order valence-electron chi connectivity index (χ2n) is 4.19. The van der Waals surface area contributed by atoms with Crippen molar-refractivity contribution < 1.29 is 19.4 Å². The Morgan fingerprint density at radius 1 is 1.40 bits per heavy atom. The number of rotatable bonds is 5. The van der Waals surface area contributed by atoms with Gasteiger partial charge in [0.15, 0.2) is 0 Å². The first-order valence-corrected chi connectivity index (χ1v) is 5.83. The molecule has 0 rings (SSSR count). The SMILES string of the molecule is CC(SCCC(=O)OC(C)(C)C)C(=O)O. The molecule has 4 nitrogen and oxygen atoms in total. The summed E-state index contributed by atoms with van der Waals surface area (Å²) in [5, 5.41) is 8.12. The average Bonchev–Trinajstić information content (AvgIpc) is 2.00. The third-order valence-corrected chi connectivity index (χ3v) is 2.58. The van der Waals surface area contributed by atoms with E-state index >= 15 is 0 Å². The molecule has 5 heteroatoms. The predicted octanol–water partition coefficient (Wildman–Crippen LogP) is 1.92. The van der Waals surface area contributed by atoms with Crippen LogP contribution in [-0.4, -0.2) is 33.6 Å². The van der Waals surface area contributed by atoms with Crippen molar-refractivity contribution in [2.75, 3.05) is 5.75 Å². The molecule has 0 aliphatic heterocycles. The number of thioether (sulfide) groups is 1. The fourth-order valence-corrected chi connectivity index (χ4v) is 1.56. The first-order valence-electron chi connectivity index (χ1n) is 4.78.